The van der Waals surface area contributed by atoms with E-state index in [1.807, 2.05) is 12.1 Å². The van der Waals surface area contributed by atoms with Crippen molar-refractivity contribution in [3.63, 3.8) is 0 Å². The highest BCUT2D eigenvalue weighted by molar-refractivity contribution is 5.79. The maximum absolute atomic E-state index is 6.78. The molecule has 1 unspecified atom stereocenters. The second-order valence-corrected chi connectivity index (χ2v) is 7.48. The summed E-state index contributed by atoms with van der Waals surface area (Å²) >= 11 is 0. The number of nitrogens with zero attached hydrogens (tertiary/aromatic N) is 1. The van der Waals surface area contributed by atoms with Crippen molar-refractivity contribution in [1.82, 2.24) is 0 Å². The van der Waals surface area contributed by atoms with Gasteiger partial charge in [0.25, 0.3) is 0 Å². The smallest absolute Gasteiger partial charge is 0.216 e. The summed E-state index contributed by atoms with van der Waals surface area (Å²) in [7, 11) is 0. The lowest BCUT2D eigenvalue weighted by molar-refractivity contribution is 0.0630. The Labute approximate surface area is 154 Å². The third kappa shape index (κ3) is 1.87. The largest absolute Gasteiger partial charge is 0.462 e. The van der Waals surface area contributed by atoms with E-state index in [1.165, 1.54) is 11.3 Å². The molecule has 0 amide bonds. The Balaban J connectivity index is 1.79. The summed E-state index contributed by atoms with van der Waals surface area (Å²) in [6.45, 7) is 4.54. The molecule has 0 saturated heterocycles. The van der Waals surface area contributed by atoms with E-state index in [9.17, 15) is 0 Å². The molecule has 2 heterocycles. The molecule has 1 spiro atoms. The summed E-state index contributed by atoms with van der Waals surface area (Å²) in [5.74, 6) is 0.928. The lowest BCUT2D eigenvalue weighted by Crippen LogP contribution is -2.57. The van der Waals surface area contributed by atoms with E-state index in [2.05, 4.69) is 97.6 Å². The maximum atomic E-state index is 6.78. The van der Waals surface area contributed by atoms with Gasteiger partial charge in [0.1, 0.15) is 5.75 Å². The van der Waals surface area contributed by atoms with Crippen molar-refractivity contribution in [2.75, 3.05) is 4.90 Å². The Bertz CT molecular complexity index is 1010. The van der Waals surface area contributed by atoms with Crippen LogP contribution in [0.4, 0.5) is 11.4 Å². The van der Waals surface area contributed by atoms with Crippen LogP contribution in [0.2, 0.25) is 0 Å². The fourth-order valence-corrected chi connectivity index (χ4v) is 4.33. The molecule has 2 heteroatoms. The number of anilines is 2. The summed E-state index contributed by atoms with van der Waals surface area (Å²) in [5, 5.41) is 0. The normalized spacial score (nSPS) is 22.0. The SMILES string of the molecule is CC1(C)c2ccccc2N(c2ccccc2)C12C=Cc1ccccc1O2. The fraction of sp³-hybridized carbons (Fsp3) is 0.167. The van der Waals surface area contributed by atoms with Crippen LogP contribution >= 0.6 is 0 Å². The minimum Gasteiger partial charge on any atom is -0.462 e. The van der Waals surface area contributed by atoms with E-state index in [4.69, 9.17) is 4.74 Å². The lowest BCUT2D eigenvalue weighted by atomic mass is 9.76. The van der Waals surface area contributed by atoms with E-state index >= 15 is 0 Å². The Hall–Kier alpha value is -3.00. The summed E-state index contributed by atoms with van der Waals surface area (Å²) in [6.07, 6.45) is 4.42. The third-order valence-electron chi connectivity index (χ3n) is 5.73. The summed E-state index contributed by atoms with van der Waals surface area (Å²) in [4.78, 5) is 2.34. The summed E-state index contributed by atoms with van der Waals surface area (Å²) in [5.41, 5.74) is 3.93. The van der Waals surface area contributed by atoms with Crippen molar-refractivity contribution in [3.05, 3.63) is 96.1 Å². The van der Waals surface area contributed by atoms with Crippen LogP contribution in [-0.2, 0) is 5.41 Å². The molecule has 5 rings (SSSR count). The fourth-order valence-electron chi connectivity index (χ4n) is 4.33. The minimum absolute atomic E-state index is 0.219. The van der Waals surface area contributed by atoms with Crippen LogP contribution < -0.4 is 9.64 Å². The van der Waals surface area contributed by atoms with Crippen molar-refractivity contribution in [2.24, 2.45) is 0 Å². The number of para-hydroxylation sites is 3. The van der Waals surface area contributed by atoms with E-state index in [0.717, 1.165) is 17.0 Å². The van der Waals surface area contributed by atoms with Crippen LogP contribution in [0.5, 0.6) is 5.75 Å². The quantitative estimate of drug-likeness (QED) is 0.546. The Kier molecular flexibility index (Phi) is 3.08. The van der Waals surface area contributed by atoms with E-state index in [0.29, 0.717) is 0 Å². The van der Waals surface area contributed by atoms with Gasteiger partial charge in [0.2, 0.25) is 5.72 Å². The van der Waals surface area contributed by atoms with Crippen LogP contribution in [0.15, 0.2) is 84.9 Å². The van der Waals surface area contributed by atoms with E-state index in [1.54, 1.807) is 0 Å². The molecule has 0 N–H and O–H groups in total. The maximum Gasteiger partial charge on any atom is 0.216 e. The third-order valence-corrected chi connectivity index (χ3v) is 5.73. The molecule has 3 aromatic carbocycles. The molecule has 0 aliphatic carbocycles. The number of fused-ring (bicyclic) bond motifs is 2. The van der Waals surface area contributed by atoms with Gasteiger partial charge in [0, 0.05) is 16.9 Å². The van der Waals surface area contributed by atoms with Gasteiger partial charge in [-0.05, 0) is 55.8 Å². The first kappa shape index (κ1) is 15.3. The van der Waals surface area contributed by atoms with Crippen LogP contribution in [0.3, 0.4) is 0 Å². The first-order valence-electron chi connectivity index (χ1n) is 9.06. The van der Waals surface area contributed by atoms with Crippen molar-refractivity contribution >= 4 is 17.5 Å². The molecular weight excluding hydrogens is 318 g/mol. The molecule has 0 aromatic heterocycles. The summed E-state index contributed by atoms with van der Waals surface area (Å²) in [6, 6.07) is 27.4. The first-order valence-corrected chi connectivity index (χ1v) is 9.06. The molecule has 0 saturated carbocycles. The van der Waals surface area contributed by atoms with E-state index in [-0.39, 0.29) is 5.41 Å². The highest BCUT2D eigenvalue weighted by Crippen LogP contribution is 2.57. The van der Waals surface area contributed by atoms with Crippen LogP contribution in [0.25, 0.3) is 6.08 Å². The Morgan fingerprint density at radius 2 is 1.46 bits per heavy atom. The molecule has 128 valence electrons. The van der Waals surface area contributed by atoms with Gasteiger partial charge in [-0.25, -0.2) is 0 Å². The molecule has 0 radical (unpaired) electrons. The second-order valence-electron chi connectivity index (χ2n) is 7.48. The van der Waals surface area contributed by atoms with Gasteiger partial charge in [0.05, 0.1) is 5.41 Å². The Morgan fingerprint density at radius 1 is 0.769 bits per heavy atom. The van der Waals surface area contributed by atoms with Crippen LogP contribution in [0.1, 0.15) is 25.0 Å². The molecule has 2 nitrogen and oxygen atoms in total. The second kappa shape index (κ2) is 5.25. The van der Waals surface area contributed by atoms with Gasteiger partial charge < -0.3 is 4.74 Å². The summed E-state index contributed by atoms with van der Waals surface area (Å²) < 4.78 is 6.78. The molecule has 2 aliphatic heterocycles. The van der Waals surface area contributed by atoms with Crippen LogP contribution in [-0.4, -0.2) is 5.72 Å². The molecule has 1 atom stereocenters. The van der Waals surface area contributed by atoms with Gasteiger partial charge in [-0.3, -0.25) is 4.90 Å². The highest BCUT2D eigenvalue weighted by Gasteiger charge is 2.59. The first-order chi connectivity index (χ1) is 12.6. The van der Waals surface area contributed by atoms with Crippen molar-refractivity contribution in [2.45, 2.75) is 25.0 Å². The van der Waals surface area contributed by atoms with Gasteiger partial charge in [-0.15, -0.1) is 0 Å². The molecule has 0 fully saturated rings. The number of rotatable bonds is 1. The van der Waals surface area contributed by atoms with Crippen molar-refractivity contribution < 1.29 is 4.74 Å². The highest BCUT2D eigenvalue weighted by atomic mass is 16.5. The number of benzene rings is 3. The standard InChI is InChI=1S/C24H21NO/c1-23(2)20-13-7-8-14-21(20)25(19-11-4-3-5-12-19)24(23)17-16-18-10-6-9-15-22(18)26-24/h3-17H,1-2H3. The predicted octanol–water partition coefficient (Wildman–Crippen LogP) is 5.92. The Morgan fingerprint density at radius 3 is 2.31 bits per heavy atom. The minimum atomic E-state index is -0.605. The van der Waals surface area contributed by atoms with Crippen molar-refractivity contribution in [3.8, 4) is 5.75 Å². The van der Waals surface area contributed by atoms with Crippen molar-refractivity contribution in [1.29, 1.82) is 0 Å². The van der Waals surface area contributed by atoms with Gasteiger partial charge in [0.15, 0.2) is 0 Å². The zero-order valence-electron chi connectivity index (χ0n) is 15.0. The van der Waals surface area contributed by atoms with Crippen LogP contribution in [0, 0.1) is 0 Å². The zero-order valence-corrected chi connectivity index (χ0v) is 15.0. The lowest BCUT2D eigenvalue weighted by Gasteiger charge is -2.47. The van der Waals surface area contributed by atoms with E-state index < -0.39 is 5.72 Å². The average molecular weight is 339 g/mol. The van der Waals surface area contributed by atoms with Gasteiger partial charge >= 0.3 is 0 Å². The zero-order chi connectivity index (χ0) is 17.8. The molecular formula is C24H21NO. The number of ether oxygens (including phenoxy) is 1. The number of hydrogen-bond acceptors (Lipinski definition) is 2. The number of hydrogen-bond donors (Lipinski definition) is 0. The predicted molar refractivity (Wildman–Crippen MR) is 107 cm³/mol. The molecule has 26 heavy (non-hydrogen) atoms. The van der Waals surface area contributed by atoms with Gasteiger partial charge in [-0.1, -0.05) is 54.6 Å². The average Bonchev–Trinajstić information content (AvgIpc) is 2.87. The topological polar surface area (TPSA) is 12.5 Å². The monoisotopic (exact) mass is 339 g/mol. The van der Waals surface area contributed by atoms with Gasteiger partial charge in [-0.2, -0.15) is 0 Å². The molecule has 0 bridgehead atoms. The molecule has 3 aromatic rings. The molecule has 2 aliphatic rings.